The zero-order valence-corrected chi connectivity index (χ0v) is 30.8. The number of likely N-dealkylation sites (tertiary alicyclic amines) is 2. The van der Waals surface area contributed by atoms with Gasteiger partial charge in [-0.05, 0) is 118 Å². The fraction of sp³-hybridized carbons (Fsp3) is 0.686. The minimum atomic E-state index is -0.391. The van der Waals surface area contributed by atoms with Crippen molar-refractivity contribution in [1.29, 1.82) is 0 Å². The van der Waals surface area contributed by atoms with Gasteiger partial charge in [0.1, 0.15) is 24.4 Å². The number of hydrogen-bond donors (Lipinski definition) is 2. The number of benzene rings is 1. The van der Waals surface area contributed by atoms with Crippen molar-refractivity contribution in [1.82, 2.24) is 15.1 Å². The zero-order valence-electron chi connectivity index (χ0n) is 30.8. The number of likely N-dealkylation sites (N-methyl/N-ethyl adjacent to an activating group) is 2. The number of ether oxygens (including phenoxy) is 3. The highest BCUT2D eigenvalue weighted by Crippen LogP contribution is 2.31. The van der Waals surface area contributed by atoms with Crippen molar-refractivity contribution in [3.8, 4) is 5.75 Å². The molecular formula is C35H64N4O8. The second-order valence-electron chi connectivity index (χ2n) is 12.3. The van der Waals surface area contributed by atoms with Crippen LogP contribution in [0.1, 0.15) is 92.1 Å². The van der Waals surface area contributed by atoms with Crippen LogP contribution in [0.4, 0.5) is 4.79 Å². The van der Waals surface area contributed by atoms with Gasteiger partial charge in [-0.1, -0.05) is 26.0 Å². The molecule has 2 fully saturated rings. The Balaban J connectivity index is -0.000000550. The molecule has 47 heavy (non-hydrogen) atoms. The van der Waals surface area contributed by atoms with Gasteiger partial charge < -0.3 is 39.8 Å². The van der Waals surface area contributed by atoms with Crippen LogP contribution in [0, 0.1) is 0 Å². The minimum Gasteiger partial charge on any atom is -0.497 e. The van der Waals surface area contributed by atoms with E-state index in [0.717, 1.165) is 44.3 Å². The Morgan fingerprint density at radius 2 is 1.62 bits per heavy atom. The Labute approximate surface area is 284 Å². The maximum absolute atomic E-state index is 10.9. The number of methoxy groups -OCH3 is 2. The van der Waals surface area contributed by atoms with Crippen LogP contribution in [0.25, 0.3) is 0 Å². The summed E-state index contributed by atoms with van der Waals surface area (Å²) in [6, 6.07) is 8.67. The molecule has 0 radical (unpaired) electrons. The van der Waals surface area contributed by atoms with Gasteiger partial charge in [-0.2, -0.15) is 0 Å². The van der Waals surface area contributed by atoms with E-state index in [-0.39, 0.29) is 24.5 Å². The highest BCUT2D eigenvalue weighted by Gasteiger charge is 2.33. The van der Waals surface area contributed by atoms with Crippen molar-refractivity contribution >= 4 is 31.5 Å². The van der Waals surface area contributed by atoms with E-state index in [9.17, 15) is 14.4 Å². The molecule has 0 saturated carbocycles. The monoisotopic (exact) mass is 668 g/mol. The smallest absolute Gasteiger partial charge is 0.407 e. The molecule has 3 rings (SSSR count). The molecule has 2 heterocycles. The number of nitrogens with zero attached hydrogens (tertiary/aromatic N) is 2. The standard InChI is InChI=1S/C14H21NO.C8H17NO2.C6H11NO.C5H10O2.CH3NO.CH2O/c1-14(9-4-10-15(14)2)11-12-5-7-13(16-3)8-6-12;1-5-6-9-7(10)11-8(2,3)4;1-7-4-2-3-6(7)5-8;1-3-4-5(6)7-2;2-1-3;1-2/h5-8H,4,9-11H2,1-3H3;5-6H2,1-4H3,(H,9,10);5-6H,2-4H2,1H3;3-4H2,1-2H3;1H,(H2,2,3);1H2. The molecule has 12 nitrogen and oxygen atoms in total. The molecule has 2 aliphatic rings. The van der Waals surface area contributed by atoms with E-state index in [1.165, 1.54) is 38.5 Å². The zero-order chi connectivity index (χ0) is 36.9. The molecule has 0 aliphatic carbocycles. The topological polar surface area (TPSA) is 158 Å². The van der Waals surface area contributed by atoms with Crippen LogP contribution < -0.4 is 15.8 Å². The average Bonchev–Trinajstić information content (AvgIpc) is 3.61. The van der Waals surface area contributed by atoms with E-state index in [2.05, 4.69) is 51.7 Å². The molecule has 3 N–H and O–H groups in total. The van der Waals surface area contributed by atoms with Crippen LogP contribution >= 0.6 is 0 Å². The lowest BCUT2D eigenvalue weighted by atomic mass is 9.90. The summed E-state index contributed by atoms with van der Waals surface area (Å²) in [6.45, 7) is 16.8. The first-order chi connectivity index (χ1) is 22.2. The molecular weight excluding hydrogens is 604 g/mol. The van der Waals surface area contributed by atoms with Gasteiger partial charge in [0.05, 0.1) is 20.3 Å². The van der Waals surface area contributed by atoms with Gasteiger partial charge in [0.2, 0.25) is 6.41 Å². The van der Waals surface area contributed by atoms with Crippen molar-refractivity contribution in [3.63, 3.8) is 0 Å². The van der Waals surface area contributed by atoms with Crippen molar-refractivity contribution in [3.05, 3.63) is 29.8 Å². The van der Waals surface area contributed by atoms with Gasteiger partial charge in [0.25, 0.3) is 0 Å². The fourth-order valence-corrected chi connectivity index (χ4v) is 4.52. The lowest BCUT2D eigenvalue weighted by molar-refractivity contribution is -0.140. The van der Waals surface area contributed by atoms with Crippen molar-refractivity contribution in [2.24, 2.45) is 5.73 Å². The molecule has 0 aromatic heterocycles. The SMILES string of the molecule is C=O.CCCC(=O)OC.CCCNC(=O)OC(C)(C)C.CN1CCCC1C=O.COc1ccc(CC2(C)CCCN2C)cc1.NC=O. The van der Waals surface area contributed by atoms with Gasteiger partial charge in [0, 0.05) is 18.5 Å². The number of hydrogen-bond acceptors (Lipinski definition) is 10. The Morgan fingerprint density at radius 1 is 1.04 bits per heavy atom. The highest BCUT2D eigenvalue weighted by atomic mass is 16.6. The van der Waals surface area contributed by atoms with Crippen LogP contribution in [0.3, 0.4) is 0 Å². The van der Waals surface area contributed by atoms with E-state index < -0.39 is 5.60 Å². The predicted molar refractivity (Wildman–Crippen MR) is 188 cm³/mol. The second-order valence-corrected chi connectivity index (χ2v) is 12.3. The number of amides is 2. The molecule has 12 heteroatoms. The predicted octanol–water partition coefficient (Wildman–Crippen LogP) is 4.80. The van der Waals surface area contributed by atoms with Gasteiger partial charge in [-0.15, -0.1) is 0 Å². The molecule has 1 aromatic rings. The number of rotatable bonds is 8. The molecule has 2 amide bonds. The number of alkyl carbamates (subject to hydrolysis) is 1. The second kappa shape index (κ2) is 28.7. The summed E-state index contributed by atoms with van der Waals surface area (Å²) in [5.41, 5.74) is 5.52. The Morgan fingerprint density at radius 3 is 1.94 bits per heavy atom. The maximum atomic E-state index is 10.9. The maximum Gasteiger partial charge on any atom is 0.407 e. The van der Waals surface area contributed by atoms with Crippen LogP contribution in [0.15, 0.2) is 24.3 Å². The van der Waals surface area contributed by atoms with Crippen LogP contribution in [0.5, 0.6) is 5.75 Å². The first kappa shape index (κ1) is 47.9. The van der Waals surface area contributed by atoms with Gasteiger partial charge in [-0.25, -0.2) is 4.79 Å². The molecule has 0 spiro atoms. The Kier molecular flexibility index (Phi) is 29.2. The average molecular weight is 669 g/mol. The minimum absolute atomic E-state index is 0.123. The fourth-order valence-electron chi connectivity index (χ4n) is 4.52. The number of carbonyl (C=O) groups is 5. The molecule has 2 atom stereocenters. The van der Waals surface area contributed by atoms with Crippen molar-refractivity contribution in [2.75, 3.05) is 47.9 Å². The number of carbonyl (C=O) groups excluding carboxylic acids is 5. The van der Waals surface area contributed by atoms with Crippen molar-refractivity contribution < 1.29 is 38.2 Å². The number of aldehydes is 1. The summed E-state index contributed by atoms with van der Waals surface area (Å²) in [5.74, 6) is 0.816. The number of esters is 1. The van der Waals surface area contributed by atoms with E-state index in [4.69, 9.17) is 19.1 Å². The van der Waals surface area contributed by atoms with Gasteiger partial charge >= 0.3 is 12.1 Å². The molecule has 2 aliphatic heterocycles. The molecule has 2 unspecified atom stereocenters. The third-order valence-electron chi connectivity index (χ3n) is 7.21. The van der Waals surface area contributed by atoms with E-state index in [1.807, 2.05) is 60.6 Å². The van der Waals surface area contributed by atoms with Crippen LogP contribution in [0.2, 0.25) is 0 Å². The lowest BCUT2D eigenvalue weighted by Crippen LogP contribution is -2.40. The Hall–Kier alpha value is -3.51. The third kappa shape index (κ3) is 25.3. The highest BCUT2D eigenvalue weighted by molar-refractivity contribution is 5.69. The molecule has 272 valence electrons. The summed E-state index contributed by atoms with van der Waals surface area (Å²) in [7, 11) is 7.33. The first-order valence-corrected chi connectivity index (χ1v) is 16.1. The summed E-state index contributed by atoms with van der Waals surface area (Å²) >= 11 is 0. The summed E-state index contributed by atoms with van der Waals surface area (Å²) in [4.78, 5) is 52.4. The Bertz CT molecular complexity index is 956. The van der Waals surface area contributed by atoms with Gasteiger partial charge in [-0.3, -0.25) is 14.5 Å². The normalized spacial score (nSPS) is 18.2. The van der Waals surface area contributed by atoms with E-state index in [0.29, 0.717) is 18.5 Å². The summed E-state index contributed by atoms with van der Waals surface area (Å²) in [5, 5.41) is 2.63. The number of nitrogens with two attached hydrogens (primary N) is 1. The van der Waals surface area contributed by atoms with Crippen molar-refractivity contribution in [2.45, 2.75) is 110 Å². The van der Waals surface area contributed by atoms with E-state index >= 15 is 0 Å². The molecule has 0 bridgehead atoms. The molecule has 1 aromatic carbocycles. The van der Waals surface area contributed by atoms with Gasteiger partial charge in [0.15, 0.2) is 0 Å². The largest absolute Gasteiger partial charge is 0.497 e. The number of primary amides is 1. The van der Waals surface area contributed by atoms with Crippen LogP contribution in [-0.4, -0.2) is 106 Å². The summed E-state index contributed by atoms with van der Waals surface area (Å²) in [6.07, 6.45) is 9.28. The van der Waals surface area contributed by atoms with Crippen LogP contribution in [-0.2, 0) is 35.1 Å². The quantitative estimate of drug-likeness (QED) is 0.291. The number of nitrogens with one attached hydrogen (secondary N) is 1. The lowest BCUT2D eigenvalue weighted by Gasteiger charge is -2.32. The summed E-state index contributed by atoms with van der Waals surface area (Å²) < 4.78 is 14.5. The first-order valence-electron chi connectivity index (χ1n) is 16.1. The third-order valence-corrected chi connectivity index (χ3v) is 7.21. The van der Waals surface area contributed by atoms with E-state index in [1.54, 1.807) is 7.11 Å². The molecule has 2 saturated heterocycles.